The Labute approximate surface area is 145 Å². The molecule has 3 atom stereocenters. The second-order valence-electron chi connectivity index (χ2n) is 7.28. The molecule has 0 saturated carbocycles. The SMILES string of the molecule is CCCNC(=O)C1CCN(C(C)C(=O)N2CC(C)OC(C)C2)CC1. The predicted octanol–water partition coefficient (Wildman–Crippen LogP) is 1.25. The third kappa shape index (κ3) is 4.93. The Morgan fingerprint density at radius 2 is 1.75 bits per heavy atom. The number of morpholine rings is 1. The molecule has 24 heavy (non-hydrogen) atoms. The molecular weight excluding hydrogens is 306 g/mol. The van der Waals surface area contributed by atoms with Crippen LogP contribution in [0.25, 0.3) is 0 Å². The molecule has 0 spiro atoms. The zero-order valence-electron chi connectivity index (χ0n) is 15.6. The molecule has 0 radical (unpaired) electrons. The van der Waals surface area contributed by atoms with Gasteiger partial charge in [0.05, 0.1) is 18.2 Å². The molecule has 2 aliphatic heterocycles. The van der Waals surface area contributed by atoms with Crippen LogP contribution in [0.4, 0.5) is 0 Å². The molecule has 2 saturated heterocycles. The van der Waals surface area contributed by atoms with Crippen molar-refractivity contribution in [3.63, 3.8) is 0 Å². The number of nitrogens with one attached hydrogen (secondary N) is 1. The van der Waals surface area contributed by atoms with E-state index < -0.39 is 0 Å². The molecule has 2 amide bonds. The average Bonchev–Trinajstić information content (AvgIpc) is 2.57. The minimum absolute atomic E-state index is 0.0953. The van der Waals surface area contributed by atoms with Gasteiger partial charge in [0.15, 0.2) is 0 Å². The smallest absolute Gasteiger partial charge is 0.239 e. The number of piperidine rings is 1. The molecule has 6 nitrogen and oxygen atoms in total. The molecule has 0 aromatic heterocycles. The Morgan fingerprint density at radius 3 is 2.29 bits per heavy atom. The molecule has 138 valence electrons. The first-order chi connectivity index (χ1) is 11.4. The van der Waals surface area contributed by atoms with E-state index >= 15 is 0 Å². The van der Waals surface area contributed by atoms with E-state index in [0.717, 1.165) is 38.9 Å². The number of carbonyl (C=O) groups is 2. The molecule has 0 bridgehead atoms. The van der Waals surface area contributed by atoms with Crippen LogP contribution in [-0.4, -0.2) is 72.6 Å². The third-order valence-electron chi connectivity index (χ3n) is 5.09. The maximum Gasteiger partial charge on any atom is 0.239 e. The van der Waals surface area contributed by atoms with Crippen LogP contribution in [0.5, 0.6) is 0 Å². The van der Waals surface area contributed by atoms with E-state index in [1.165, 1.54) is 0 Å². The number of likely N-dealkylation sites (tertiary alicyclic amines) is 1. The number of rotatable bonds is 5. The standard InChI is InChI=1S/C18H33N3O3/c1-5-8-19-17(22)16-6-9-20(10-7-16)15(4)18(23)21-11-13(2)24-14(3)12-21/h13-16H,5-12H2,1-4H3,(H,19,22). The van der Waals surface area contributed by atoms with Crippen molar-refractivity contribution >= 4 is 11.8 Å². The van der Waals surface area contributed by atoms with Crippen molar-refractivity contribution in [2.24, 2.45) is 5.92 Å². The van der Waals surface area contributed by atoms with Crippen molar-refractivity contribution in [1.82, 2.24) is 15.1 Å². The Hall–Kier alpha value is -1.14. The van der Waals surface area contributed by atoms with Gasteiger partial charge in [-0.25, -0.2) is 0 Å². The molecule has 0 aliphatic carbocycles. The molecular formula is C18H33N3O3. The topological polar surface area (TPSA) is 61.9 Å². The monoisotopic (exact) mass is 339 g/mol. The minimum atomic E-state index is -0.123. The van der Waals surface area contributed by atoms with Gasteiger partial charge in [-0.2, -0.15) is 0 Å². The molecule has 2 rings (SSSR count). The Morgan fingerprint density at radius 1 is 1.17 bits per heavy atom. The number of amides is 2. The van der Waals surface area contributed by atoms with Gasteiger partial charge in [0.1, 0.15) is 0 Å². The fraction of sp³-hybridized carbons (Fsp3) is 0.889. The zero-order valence-corrected chi connectivity index (χ0v) is 15.6. The van der Waals surface area contributed by atoms with E-state index in [9.17, 15) is 9.59 Å². The lowest BCUT2D eigenvalue weighted by molar-refractivity contribution is -0.148. The summed E-state index contributed by atoms with van der Waals surface area (Å²) in [5.74, 6) is 0.454. The molecule has 0 aromatic carbocycles. The minimum Gasteiger partial charge on any atom is -0.372 e. The van der Waals surface area contributed by atoms with Gasteiger partial charge in [-0.15, -0.1) is 0 Å². The van der Waals surface area contributed by atoms with Crippen molar-refractivity contribution in [1.29, 1.82) is 0 Å². The van der Waals surface area contributed by atoms with Gasteiger partial charge >= 0.3 is 0 Å². The van der Waals surface area contributed by atoms with Crippen LogP contribution in [0.15, 0.2) is 0 Å². The van der Waals surface area contributed by atoms with E-state index in [-0.39, 0.29) is 36.0 Å². The van der Waals surface area contributed by atoms with Crippen molar-refractivity contribution in [2.45, 2.75) is 65.2 Å². The first-order valence-corrected chi connectivity index (χ1v) is 9.38. The quantitative estimate of drug-likeness (QED) is 0.819. The normalized spacial score (nSPS) is 27.8. The van der Waals surface area contributed by atoms with E-state index in [0.29, 0.717) is 13.1 Å². The highest BCUT2D eigenvalue weighted by Crippen LogP contribution is 2.21. The van der Waals surface area contributed by atoms with Gasteiger partial charge < -0.3 is 15.0 Å². The van der Waals surface area contributed by atoms with Crippen molar-refractivity contribution < 1.29 is 14.3 Å². The fourth-order valence-corrected chi connectivity index (χ4v) is 3.72. The van der Waals surface area contributed by atoms with E-state index in [1.54, 1.807) is 0 Å². The van der Waals surface area contributed by atoms with Crippen LogP contribution >= 0.6 is 0 Å². The fourth-order valence-electron chi connectivity index (χ4n) is 3.72. The lowest BCUT2D eigenvalue weighted by Crippen LogP contribution is -2.55. The van der Waals surface area contributed by atoms with Gasteiger partial charge in [-0.05, 0) is 53.1 Å². The lowest BCUT2D eigenvalue weighted by Gasteiger charge is -2.40. The summed E-state index contributed by atoms with van der Waals surface area (Å²) in [5, 5.41) is 2.98. The Balaban J connectivity index is 1.82. The van der Waals surface area contributed by atoms with Crippen molar-refractivity contribution in [3.05, 3.63) is 0 Å². The maximum absolute atomic E-state index is 12.8. The Kier molecular flexibility index (Phi) is 7.04. The number of nitrogens with zero attached hydrogens (tertiary/aromatic N) is 2. The summed E-state index contributed by atoms with van der Waals surface area (Å²) in [6.07, 6.45) is 2.83. The summed E-state index contributed by atoms with van der Waals surface area (Å²) in [6.45, 7) is 11.8. The highest BCUT2D eigenvalue weighted by atomic mass is 16.5. The highest BCUT2D eigenvalue weighted by molar-refractivity contribution is 5.82. The third-order valence-corrected chi connectivity index (χ3v) is 5.09. The van der Waals surface area contributed by atoms with Crippen LogP contribution < -0.4 is 5.32 Å². The molecule has 3 unspecified atom stereocenters. The van der Waals surface area contributed by atoms with Gasteiger partial charge in [-0.1, -0.05) is 6.92 Å². The average molecular weight is 339 g/mol. The predicted molar refractivity (Wildman–Crippen MR) is 93.6 cm³/mol. The molecule has 6 heteroatoms. The second-order valence-corrected chi connectivity index (χ2v) is 7.28. The first-order valence-electron chi connectivity index (χ1n) is 9.38. The van der Waals surface area contributed by atoms with Gasteiger partial charge in [-0.3, -0.25) is 14.5 Å². The molecule has 1 N–H and O–H groups in total. The summed E-state index contributed by atoms with van der Waals surface area (Å²) < 4.78 is 5.71. The summed E-state index contributed by atoms with van der Waals surface area (Å²) in [5.41, 5.74) is 0. The summed E-state index contributed by atoms with van der Waals surface area (Å²) in [4.78, 5) is 29.0. The van der Waals surface area contributed by atoms with E-state index in [2.05, 4.69) is 17.1 Å². The summed E-state index contributed by atoms with van der Waals surface area (Å²) >= 11 is 0. The van der Waals surface area contributed by atoms with Gasteiger partial charge in [0.2, 0.25) is 11.8 Å². The summed E-state index contributed by atoms with van der Waals surface area (Å²) in [6, 6.07) is -0.123. The Bertz CT molecular complexity index is 425. The van der Waals surface area contributed by atoms with E-state index in [4.69, 9.17) is 4.74 Å². The zero-order chi connectivity index (χ0) is 17.7. The van der Waals surface area contributed by atoms with Crippen LogP contribution in [0.1, 0.15) is 47.0 Å². The lowest BCUT2D eigenvalue weighted by atomic mass is 9.94. The number of hydrogen-bond donors (Lipinski definition) is 1. The van der Waals surface area contributed by atoms with Gasteiger partial charge in [0.25, 0.3) is 0 Å². The number of carbonyl (C=O) groups excluding carboxylic acids is 2. The maximum atomic E-state index is 12.8. The van der Waals surface area contributed by atoms with E-state index in [1.807, 2.05) is 25.7 Å². The van der Waals surface area contributed by atoms with Crippen LogP contribution in [0.3, 0.4) is 0 Å². The molecule has 2 heterocycles. The van der Waals surface area contributed by atoms with Crippen LogP contribution in [0.2, 0.25) is 0 Å². The van der Waals surface area contributed by atoms with Crippen molar-refractivity contribution in [3.8, 4) is 0 Å². The molecule has 2 aliphatic rings. The highest BCUT2D eigenvalue weighted by Gasteiger charge is 2.34. The largest absolute Gasteiger partial charge is 0.372 e. The summed E-state index contributed by atoms with van der Waals surface area (Å²) in [7, 11) is 0. The van der Waals surface area contributed by atoms with Crippen LogP contribution in [0, 0.1) is 5.92 Å². The first kappa shape index (κ1) is 19.2. The number of hydrogen-bond acceptors (Lipinski definition) is 4. The molecule has 0 aromatic rings. The van der Waals surface area contributed by atoms with Crippen molar-refractivity contribution in [2.75, 3.05) is 32.7 Å². The van der Waals surface area contributed by atoms with Crippen LogP contribution in [-0.2, 0) is 14.3 Å². The van der Waals surface area contributed by atoms with Gasteiger partial charge in [0, 0.05) is 25.6 Å². The second kappa shape index (κ2) is 8.81. The molecule has 2 fully saturated rings. The number of ether oxygens (including phenoxy) is 1.